The Bertz CT molecular complexity index is 951. The molecule has 0 fully saturated rings. The van der Waals surface area contributed by atoms with Gasteiger partial charge < -0.3 is 9.47 Å². The standard InChI is InChI=1S/C19H15F3N2O3/c1-2-26-18(25)16-10-11-24(23-16)14-7-5-6-13(12-14)15-8-3-4-9-17(15)27-19(20,21)22/h3-12H,2H2,1H3. The Labute approximate surface area is 152 Å². The van der Waals surface area contributed by atoms with Crippen molar-refractivity contribution < 1.29 is 27.4 Å². The van der Waals surface area contributed by atoms with Crippen molar-refractivity contribution in [2.24, 2.45) is 0 Å². The van der Waals surface area contributed by atoms with Crippen LogP contribution in [0.2, 0.25) is 0 Å². The first-order chi connectivity index (χ1) is 12.9. The fourth-order valence-corrected chi connectivity index (χ4v) is 2.52. The Balaban J connectivity index is 1.95. The number of aromatic nitrogens is 2. The second-order valence-corrected chi connectivity index (χ2v) is 5.46. The van der Waals surface area contributed by atoms with E-state index < -0.39 is 12.3 Å². The van der Waals surface area contributed by atoms with E-state index in [1.54, 1.807) is 43.5 Å². The first-order valence-corrected chi connectivity index (χ1v) is 8.06. The molecule has 0 saturated carbocycles. The van der Waals surface area contributed by atoms with E-state index in [0.717, 1.165) is 0 Å². The number of ether oxygens (including phenoxy) is 2. The Hall–Kier alpha value is -3.29. The number of nitrogens with zero attached hydrogens (tertiary/aromatic N) is 2. The smallest absolute Gasteiger partial charge is 0.461 e. The third-order valence-corrected chi connectivity index (χ3v) is 3.61. The van der Waals surface area contributed by atoms with Gasteiger partial charge in [-0.15, -0.1) is 13.2 Å². The first kappa shape index (κ1) is 18.5. The van der Waals surface area contributed by atoms with Gasteiger partial charge >= 0.3 is 12.3 Å². The van der Waals surface area contributed by atoms with E-state index in [1.165, 1.54) is 28.9 Å². The number of halogens is 3. The van der Waals surface area contributed by atoms with Crippen LogP contribution in [0.15, 0.2) is 60.8 Å². The average Bonchev–Trinajstić information content (AvgIpc) is 3.11. The number of hydrogen-bond acceptors (Lipinski definition) is 4. The van der Waals surface area contributed by atoms with Gasteiger partial charge in [0.15, 0.2) is 5.69 Å². The molecule has 3 rings (SSSR count). The van der Waals surface area contributed by atoms with Crippen LogP contribution in [-0.4, -0.2) is 28.7 Å². The maximum absolute atomic E-state index is 12.6. The molecule has 3 aromatic rings. The predicted molar refractivity (Wildman–Crippen MR) is 91.6 cm³/mol. The monoisotopic (exact) mass is 376 g/mol. The van der Waals surface area contributed by atoms with Gasteiger partial charge in [0, 0.05) is 11.8 Å². The lowest BCUT2D eigenvalue weighted by Gasteiger charge is -2.14. The molecule has 140 valence electrons. The molecule has 0 spiro atoms. The van der Waals surface area contributed by atoms with E-state index in [4.69, 9.17) is 4.74 Å². The number of alkyl halides is 3. The number of hydrogen-bond donors (Lipinski definition) is 0. The molecular weight excluding hydrogens is 361 g/mol. The minimum atomic E-state index is -4.79. The lowest BCUT2D eigenvalue weighted by molar-refractivity contribution is -0.274. The number of benzene rings is 2. The quantitative estimate of drug-likeness (QED) is 0.610. The highest BCUT2D eigenvalue weighted by Gasteiger charge is 2.32. The Morgan fingerprint density at radius 1 is 1.11 bits per heavy atom. The van der Waals surface area contributed by atoms with Gasteiger partial charge in [0.1, 0.15) is 5.75 Å². The molecule has 8 heteroatoms. The summed E-state index contributed by atoms with van der Waals surface area (Å²) in [6, 6.07) is 14.1. The molecule has 1 heterocycles. The van der Waals surface area contributed by atoms with Crippen molar-refractivity contribution in [3.8, 4) is 22.6 Å². The largest absolute Gasteiger partial charge is 0.573 e. The van der Waals surface area contributed by atoms with Crippen LogP contribution in [0, 0.1) is 0 Å². The van der Waals surface area contributed by atoms with Crippen LogP contribution in [0.1, 0.15) is 17.4 Å². The molecule has 0 unspecified atom stereocenters. The number of carbonyl (C=O) groups is 1. The Kier molecular flexibility index (Phi) is 5.16. The zero-order chi connectivity index (χ0) is 19.4. The molecule has 0 aliphatic rings. The predicted octanol–water partition coefficient (Wildman–Crippen LogP) is 4.61. The molecule has 0 saturated heterocycles. The molecule has 0 aliphatic heterocycles. The Morgan fingerprint density at radius 3 is 2.63 bits per heavy atom. The van der Waals surface area contributed by atoms with E-state index in [-0.39, 0.29) is 23.6 Å². The van der Waals surface area contributed by atoms with Gasteiger partial charge in [0.25, 0.3) is 0 Å². The van der Waals surface area contributed by atoms with E-state index in [0.29, 0.717) is 11.3 Å². The van der Waals surface area contributed by atoms with Crippen LogP contribution in [-0.2, 0) is 4.74 Å². The molecule has 0 N–H and O–H groups in total. The van der Waals surface area contributed by atoms with E-state index in [9.17, 15) is 18.0 Å². The van der Waals surface area contributed by atoms with E-state index in [1.807, 2.05) is 0 Å². The Morgan fingerprint density at radius 2 is 1.89 bits per heavy atom. The maximum Gasteiger partial charge on any atom is 0.573 e. The second-order valence-electron chi connectivity index (χ2n) is 5.46. The summed E-state index contributed by atoms with van der Waals surface area (Å²) in [5.74, 6) is -0.842. The van der Waals surface area contributed by atoms with Crippen LogP contribution >= 0.6 is 0 Å². The van der Waals surface area contributed by atoms with Crippen LogP contribution in [0.3, 0.4) is 0 Å². The van der Waals surface area contributed by atoms with Gasteiger partial charge in [-0.3, -0.25) is 0 Å². The molecule has 0 aliphatic carbocycles. The maximum atomic E-state index is 12.6. The van der Waals surface area contributed by atoms with Gasteiger partial charge in [-0.1, -0.05) is 30.3 Å². The van der Waals surface area contributed by atoms with Crippen LogP contribution in [0.5, 0.6) is 5.75 Å². The molecule has 5 nitrogen and oxygen atoms in total. The fraction of sp³-hybridized carbons (Fsp3) is 0.158. The summed E-state index contributed by atoms with van der Waals surface area (Å²) in [5, 5.41) is 4.15. The molecule has 27 heavy (non-hydrogen) atoms. The van der Waals surface area contributed by atoms with Gasteiger partial charge in [-0.05, 0) is 36.8 Å². The topological polar surface area (TPSA) is 53.4 Å². The highest BCUT2D eigenvalue weighted by Crippen LogP contribution is 2.34. The third-order valence-electron chi connectivity index (χ3n) is 3.61. The second kappa shape index (κ2) is 7.53. The summed E-state index contributed by atoms with van der Waals surface area (Å²) >= 11 is 0. The van der Waals surface area contributed by atoms with Crippen LogP contribution in [0.25, 0.3) is 16.8 Å². The summed E-state index contributed by atoms with van der Waals surface area (Å²) in [5.41, 5.74) is 1.52. The molecule has 0 amide bonds. The third kappa shape index (κ3) is 4.46. The number of esters is 1. The minimum absolute atomic E-state index is 0.142. The summed E-state index contributed by atoms with van der Waals surface area (Å²) in [6.07, 6.45) is -3.21. The van der Waals surface area contributed by atoms with Crippen molar-refractivity contribution in [2.75, 3.05) is 6.61 Å². The summed E-state index contributed by atoms with van der Waals surface area (Å²) in [7, 11) is 0. The zero-order valence-electron chi connectivity index (χ0n) is 14.2. The SMILES string of the molecule is CCOC(=O)c1ccn(-c2cccc(-c3ccccc3OC(F)(F)F)c2)n1. The van der Waals surface area contributed by atoms with Crippen molar-refractivity contribution in [3.05, 3.63) is 66.5 Å². The lowest BCUT2D eigenvalue weighted by Crippen LogP contribution is -2.17. The fourth-order valence-electron chi connectivity index (χ4n) is 2.52. The van der Waals surface area contributed by atoms with Crippen molar-refractivity contribution in [3.63, 3.8) is 0 Å². The highest BCUT2D eigenvalue weighted by atomic mass is 19.4. The normalized spacial score (nSPS) is 11.3. The molecule has 1 aromatic heterocycles. The van der Waals surface area contributed by atoms with Gasteiger partial charge in [-0.25, -0.2) is 9.48 Å². The van der Waals surface area contributed by atoms with Crippen LogP contribution in [0.4, 0.5) is 13.2 Å². The molecule has 2 aromatic carbocycles. The minimum Gasteiger partial charge on any atom is -0.461 e. The van der Waals surface area contributed by atoms with Crippen molar-refractivity contribution in [1.82, 2.24) is 9.78 Å². The van der Waals surface area contributed by atoms with Gasteiger partial charge in [0.05, 0.1) is 12.3 Å². The molecular formula is C19H15F3N2O3. The van der Waals surface area contributed by atoms with Gasteiger partial charge in [0.2, 0.25) is 0 Å². The number of rotatable bonds is 5. The highest BCUT2D eigenvalue weighted by molar-refractivity contribution is 5.87. The van der Waals surface area contributed by atoms with Crippen LogP contribution < -0.4 is 4.74 Å². The van der Waals surface area contributed by atoms with Crippen molar-refractivity contribution in [1.29, 1.82) is 0 Å². The first-order valence-electron chi connectivity index (χ1n) is 8.06. The zero-order valence-corrected chi connectivity index (χ0v) is 14.2. The molecule has 0 atom stereocenters. The van der Waals surface area contributed by atoms with E-state index in [2.05, 4.69) is 9.84 Å². The summed E-state index contributed by atoms with van der Waals surface area (Å²) in [6.45, 7) is 1.93. The molecule has 0 bridgehead atoms. The summed E-state index contributed by atoms with van der Waals surface area (Å²) < 4.78 is 48.4. The number of carbonyl (C=O) groups excluding carboxylic acids is 1. The molecule has 0 radical (unpaired) electrons. The number of para-hydroxylation sites is 1. The van der Waals surface area contributed by atoms with Gasteiger partial charge in [-0.2, -0.15) is 5.10 Å². The van der Waals surface area contributed by atoms with Crippen molar-refractivity contribution in [2.45, 2.75) is 13.3 Å². The summed E-state index contributed by atoms with van der Waals surface area (Å²) in [4.78, 5) is 11.7. The average molecular weight is 376 g/mol. The van der Waals surface area contributed by atoms with E-state index >= 15 is 0 Å². The lowest BCUT2D eigenvalue weighted by atomic mass is 10.0. The van der Waals surface area contributed by atoms with Crippen molar-refractivity contribution >= 4 is 5.97 Å².